The number of nitrogens with one attached hydrogen (secondary N) is 2. The van der Waals surface area contributed by atoms with Crippen LogP contribution in [0.1, 0.15) is 33.8 Å². The van der Waals surface area contributed by atoms with Gasteiger partial charge in [0, 0.05) is 21.7 Å². The molecule has 0 fully saturated rings. The van der Waals surface area contributed by atoms with E-state index in [1.807, 2.05) is 36.4 Å². The van der Waals surface area contributed by atoms with Crippen molar-refractivity contribution in [3.05, 3.63) is 74.6 Å². The predicted octanol–water partition coefficient (Wildman–Crippen LogP) is 4.13. The van der Waals surface area contributed by atoms with E-state index in [0.717, 1.165) is 17.7 Å². The van der Waals surface area contributed by atoms with Crippen LogP contribution in [0.2, 0.25) is 0 Å². The molecule has 0 saturated heterocycles. The lowest BCUT2D eigenvalue weighted by Crippen LogP contribution is -2.39. The van der Waals surface area contributed by atoms with Crippen molar-refractivity contribution in [3.8, 4) is 5.75 Å². The first-order chi connectivity index (χ1) is 12.8. The molecule has 4 rings (SSSR count). The van der Waals surface area contributed by atoms with Crippen LogP contribution in [0.25, 0.3) is 0 Å². The normalized spacial score (nSPS) is 16.1. The molecule has 0 saturated carbocycles. The summed E-state index contributed by atoms with van der Waals surface area (Å²) >= 11 is 3.41. The Hall–Kier alpha value is -2.15. The van der Waals surface area contributed by atoms with Crippen molar-refractivity contribution in [2.24, 2.45) is 0 Å². The largest absolute Gasteiger partial charge is 0.493 e. The summed E-state index contributed by atoms with van der Waals surface area (Å²) < 4.78 is 5.67. The zero-order chi connectivity index (χ0) is 17.8. The molecule has 0 aliphatic carbocycles. The van der Waals surface area contributed by atoms with Gasteiger partial charge in [-0.1, -0.05) is 30.3 Å². The van der Waals surface area contributed by atoms with Crippen molar-refractivity contribution >= 4 is 28.6 Å². The van der Waals surface area contributed by atoms with E-state index in [1.54, 1.807) is 22.7 Å². The summed E-state index contributed by atoms with van der Waals surface area (Å²) in [6, 6.07) is 16.3. The fourth-order valence-electron chi connectivity index (χ4n) is 3.18. The van der Waals surface area contributed by atoms with Crippen molar-refractivity contribution in [1.82, 2.24) is 10.6 Å². The lowest BCUT2D eigenvalue weighted by Gasteiger charge is -2.27. The molecule has 1 aliphatic heterocycles. The van der Waals surface area contributed by atoms with Gasteiger partial charge in [-0.2, -0.15) is 0 Å². The fraction of sp³-hybridized carbons (Fsp3) is 0.250. The maximum atomic E-state index is 12.6. The highest BCUT2D eigenvalue weighted by Gasteiger charge is 2.23. The molecule has 3 aromatic rings. The van der Waals surface area contributed by atoms with Gasteiger partial charge in [-0.25, -0.2) is 0 Å². The van der Waals surface area contributed by atoms with Crippen LogP contribution in [0.4, 0.5) is 0 Å². The maximum absolute atomic E-state index is 12.6. The Morgan fingerprint density at radius 2 is 1.81 bits per heavy atom. The van der Waals surface area contributed by atoms with Crippen LogP contribution in [0, 0.1) is 0 Å². The summed E-state index contributed by atoms with van der Waals surface area (Å²) in [5.41, 5.74) is 1.06. The highest BCUT2D eigenvalue weighted by molar-refractivity contribution is 7.11. The van der Waals surface area contributed by atoms with Crippen LogP contribution < -0.4 is 15.4 Å². The number of benzene rings is 1. The minimum Gasteiger partial charge on any atom is -0.493 e. The smallest absolute Gasteiger partial charge is 0.234 e. The monoisotopic (exact) mass is 384 g/mol. The van der Waals surface area contributed by atoms with E-state index >= 15 is 0 Å². The Morgan fingerprint density at radius 3 is 2.50 bits per heavy atom. The van der Waals surface area contributed by atoms with Crippen molar-refractivity contribution in [2.45, 2.75) is 18.5 Å². The van der Waals surface area contributed by atoms with E-state index in [2.05, 4.69) is 33.5 Å². The minimum atomic E-state index is 0.00446. The number of para-hydroxylation sites is 1. The van der Waals surface area contributed by atoms with Gasteiger partial charge in [-0.05, 0) is 29.0 Å². The van der Waals surface area contributed by atoms with Crippen molar-refractivity contribution in [2.75, 3.05) is 13.2 Å². The van der Waals surface area contributed by atoms with Gasteiger partial charge < -0.3 is 10.1 Å². The van der Waals surface area contributed by atoms with Gasteiger partial charge in [-0.15, -0.1) is 22.7 Å². The molecule has 26 heavy (non-hydrogen) atoms. The molecule has 6 heteroatoms. The molecule has 0 bridgehead atoms. The zero-order valence-electron chi connectivity index (χ0n) is 14.2. The highest BCUT2D eigenvalue weighted by atomic mass is 32.1. The molecule has 0 spiro atoms. The molecule has 1 atom stereocenters. The second-order valence-corrected chi connectivity index (χ2v) is 8.10. The topological polar surface area (TPSA) is 50.4 Å². The van der Waals surface area contributed by atoms with E-state index in [-0.39, 0.29) is 24.5 Å². The second kappa shape index (κ2) is 8.03. The second-order valence-electron chi connectivity index (χ2n) is 6.14. The summed E-state index contributed by atoms with van der Waals surface area (Å²) in [7, 11) is 0. The molecule has 134 valence electrons. The van der Waals surface area contributed by atoms with E-state index in [9.17, 15) is 4.79 Å². The van der Waals surface area contributed by atoms with Crippen LogP contribution >= 0.6 is 22.7 Å². The summed E-state index contributed by atoms with van der Waals surface area (Å²) in [5, 5.41) is 10.7. The average molecular weight is 385 g/mol. The first-order valence-corrected chi connectivity index (χ1v) is 10.4. The maximum Gasteiger partial charge on any atom is 0.234 e. The first kappa shape index (κ1) is 17.3. The summed E-state index contributed by atoms with van der Waals surface area (Å²) in [6.07, 6.45) is 0.794. The Labute approximate surface area is 160 Å². The van der Waals surface area contributed by atoms with Gasteiger partial charge in [0.05, 0.1) is 25.2 Å². The molecule has 2 aromatic heterocycles. The highest BCUT2D eigenvalue weighted by Crippen LogP contribution is 2.32. The number of hydrogen-bond acceptors (Lipinski definition) is 5. The van der Waals surface area contributed by atoms with Crippen LogP contribution in [0.5, 0.6) is 5.75 Å². The molecular formula is C20H20N2O2S2. The van der Waals surface area contributed by atoms with Gasteiger partial charge in [-0.3, -0.25) is 10.1 Å². The first-order valence-electron chi connectivity index (χ1n) is 8.62. The van der Waals surface area contributed by atoms with Gasteiger partial charge >= 0.3 is 0 Å². The van der Waals surface area contributed by atoms with E-state index in [1.165, 1.54) is 9.75 Å². The standard InChI is InChI=1S/C20H20N2O2S2/c23-19(22-15-9-10-24-16-6-2-1-5-14(15)16)13-21-20(17-7-3-11-25-17)18-8-4-12-26-18/h1-8,11-12,15,20-21H,9-10,13H2,(H,22,23)/t15-/m0/s1. The van der Waals surface area contributed by atoms with Crippen LogP contribution in [-0.2, 0) is 4.79 Å². The lowest BCUT2D eigenvalue weighted by molar-refractivity contribution is -0.121. The number of fused-ring (bicyclic) bond motifs is 1. The van der Waals surface area contributed by atoms with Crippen molar-refractivity contribution in [1.29, 1.82) is 0 Å². The number of ether oxygens (including phenoxy) is 1. The number of thiophene rings is 2. The summed E-state index contributed by atoms with van der Waals surface area (Å²) in [4.78, 5) is 15.0. The third-order valence-electron chi connectivity index (χ3n) is 4.42. The Morgan fingerprint density at radius 1 is 1.08 bits per heavy atom. The Bertz CT molecular complexity index is 812. The van der Waals surface area contributed by atoms with Crippen molar-refractivity contribution in [3.63, 3.8) is 0 Å². The van der Waals surface area contributed by atoms with Gasteiger partial charge in [0.1, 0.15) is 5.75 Å². The average Bonchev–Trinajstić information content (AvgIpc) is 3.37. The predicted molar refractivity (Wildman–Crippen MR) is 106 cm³/mol. The Balaban J connectivity index is 1.41. The quantitative estimate of drug-likeness (QED) is 0.672. The molecule has 1 amide bonds. The molecule has 2 N–H and O–H groups in total. The van der Waals surface area contributed by atoms with Gasteiger partial charge in [0.15, 0.2) is 0 Å². The van der Waals surface area contributed by atoms with Gasteiger partial charge in [0.25, 0.3) is 0 Å². The molecule has 1 aliphatic rings. The number of carbonyl (C=O) groups excluding carboxylic acids is 1. The van der Waals surface area contributed by atoms with Gasteiger partial charge in [0.2, 0.25) is 5.91 Å². The number of amides is 1. The van der Waals surface area contributed by atoms with E-state index in [4.69, 9.17) is 4.74 Å². The molecule has 0 radical (unpaired) electrons. The third kappa shape index (κ3) is 3.82. The molecular weight excluding hydrogens is 364 g/mol. The van der Waals surface area contributed by atoms with Crippen LogP contribution in [0.15, 0.2) is 59.3 Å². The minimum absolute atomic E-state index is 0.00446. The fourth-order valence-corrected chi connectivity index (χ4v) is 4.89. The van der Waals surface area contributed by atoms with Crippen LogP contribution in [-0.4, -0.2) is 19.1 Å². The number of rotatable bonds is 6. The summed E-state index contributed by atoms with van der Waals surface area (Å²) in [6.45, 7) is 0.905. The lowest BCUT2D eigenvalue weighted by atomic mass is 10.0. The third-order valence-corrected chi connectivity index (χ3v) is 6.29. The molecule has 3 heterocycles. The molecule has 1 aromatic carbocycles. The number of hydrogen-bond donors (Lipinski definition) is 2. The summed E-state index contributed by atoms with van der Waals surface area (Å²) in [5.74, 6) is 0.872. The molecule has 4 nitrogen and oxygen atoms in total. The SMILES string of the molecule is O=C(CNC(c1cccs1)c1cccs1)N[C@H]1CCOc2ccccc21. The number of carbonyl (C=O) groups is 1. The Kier molecular flexibility index (Phi) is 5.34. The van der Waals surface area contributed by atoms with E-state index in [0.29, 0.717) is 6.61 Å². The van der Waals surface area contributed by atoms with E-state index < -0.39 is 0 Å². The van der Waals surface area contributed by atoms with Crippen LogP contribution in [0.3, 0.4) is 0 Å². The molecule has 0 unspecified atom stereocenters. The zero-order valence-corrected chi connectivity index (χ0v) is 15.8. The van der Waals surface area contributed by atoms with Crippen molar-refractivity contribution < 1.29 is 9.53 Å².